The quantitative estimate of drug-likeness (QED) is 0.728. The molecule has 0 radical (unpaired) electrons. The van der Waals surface area contributed by atoms with Crippen LogP contribution in [0.3, 0.4) is 0 Å². The van der Waals surface area contributed by atoms with Crippen molar-refractivity contribution in [3.63, 3.8) is 0 Å². The molecular formula is C7H18ClN3O2S. The highest BCUT2D eigenvalue weighted by Crippen LogP contribution is 2.12. The van der Waals surface area contributed by atoms with Crippen LogP contribution in [-0.4, -0.2) is 57.3 Å². The van der Waals surface area contributed by atoms with E-state index in [1.165, 1.54) is 8.61 Å². The Morgan fingerprint density at radius 3 is 2.21 bits per heavy atom. The van der Waals surface area contributed by atoms with E-state index in [2.05, 4.69) is 5.32 Å². The van der Waals surface area contributed by atoms with Crippen molar-refractivity contribution in [2.24, 2.45) is 0 Å². The monoisotopic (exact) mass is 243 g/mol. The second-order valence-corrected chi connectivity index (χ2v) is 5.65. The molecule has 5 nitrogen and oxygen atoms in total. The number of hydrogen-bond donors (Lipinski definition) is 1. The lowest BCUT2D eigenvalue weighted by Gasteiger charge is -2.26. The maximum absolute atomic E-state index is 11.6. The highest BCUT2D eigenvalue weighted by molar-refractivity contribution is 7.86. The van der Waals surface area contributed by atoms with Crippen molar-refractivity contribution in [1.82, 2.24) is 13.9 Å². The van der Waals surface area contributed by atoms with E-state index in [-0.39, 0.29) is 18.4 Å². The summed E-state index contributed by atoms with van der Waals surface area (Å²) in [6.07, 6.45) is 0.892. The molecule has 1 atom stereocenters. The first-order valence-corrected chi connectivity index (χ1v) is 5.72. The number of halogens is 1. The number of nitrogens with one attached hydrogen (secondary N) is 1. The van der Waals surface area contributed by atoms with Crippen LogP contribution in [0.4, 0.5) is 0 Å². The topological polar surface area (TPSA) is 52.7 Å². The van der Waals surface area contributed by atoms with Crippen LogP contribution < -0.4 is 5.32 Å². The van der Waals surface area contributed by atoms with Gasteiger partial charge in [0.25, 0.3) is 10.2 Å². The molecule has 1 N–H and O–H groups in total. The van der Waals surface area contributed by atoms with Gasteiger partial charge in [0.1, 0.15) is 0 Å². The van der Waals surface area contributed by atoms with E-state index in [0.29, 0.717) is 0 Å². The van der Waals surface area contributed by atoms with Crippen LogP contribution in [0.2, 0.25) is 0 Å². The molecule has 0 bridgehead atoms. The van der Waals surface area contributed by atoms with Crippen molar-refractivity contribution in [3.8, 4) is 0 Å². The first kappa shape index (κ1) is 14.1. The molecule has 7 heteroatoms. The summed E-state index contributed by atoms with van der Waals surface area (Å²) < 4.78 is 26.0. The fourth-order valence-electron chi connectivity index (χ4n) is 1.40. The highest BCUT2D eigenvalue weighted by atomic mass is 35.5. The van der Waals surface area contributed by atoms with Gasteiger partial charge >= 0.3 is 0 Å². The SMILES string of the molecule is CN(C)S(=O)(=O)N(C)C1CCNC1.Cl. The van der Waals surface area contributed by atoms with Crippen LogP contribution in [-0.2, 0) is 10.2 Å². The van der Waals surface area contributed by atoms with E-state index in [9.17, 15) is 8.42 Å². The molecule has 1 unspecified atom stereocenters. The van der Waals surface area contributed by atoms with Gasteiger partial charge in [0.15, 0.2) is 0 Å². The van der Waals surface area contributed by atoms with Gasteiger partial charge in [-0.05, 0) is 13.0 Å². The molecule has 1 aliphatic rings. The summed E-state index contributed by atoms with van der Waals surface area (Å²) in [4.78, 5) is 0. The second kappa shape index (κ2) is 5.27. The van der Waals surface area contributed by atoms with Gasteiger partial charge in [-0.2, -0.15) is 17.0 Å². The Balaban J connectivity index is 0.00000169. The summed E-state index contributed by atoms with van der Waals surface area (Å²) in [6, 6.07) is 0.104. The van der Waals surface area contributed by atoms with Gasteiger partial charge in [0, 0.05) is 33.7 Å². The molecule has 14 heavy (non-hydrogen) atoms. The van der Waals surface area contributed by atoms with Gasteiger partial charge in [-0.1, -0.05) is 0 Å². The zero-order valence-electron chi connectivity index (χ0n) is 8.73. The predicted octanol–water partition coefficient (Wildman–Crippen LogP) is -0.492. The zero-order chi connectivity index (χ0) is 10.1. The maximum Gasteiger partial charge on any atom is 0.281 e. The molecule has 0 aromatic rings. The summed E-state index contributed by atoms with van der Waals surface area (Å²) in [5, 5.41) is 3.14. The third-order valence-corrected chi connectivity index (χ3v) is 4.32. The second-order valence-electron chi connectivity index (χ2n) is 3.45. The van der Waals surface area contributed by atoms with Crippen LogP contribution >= 0.6 is 12.4 Å². The van der Waals surface area contributed by atoms with Crippen molar-refractivity contribution in [2.45, 2.75) is 12.5 Å². The summed E-state index contributed by atoms with van der Waals surface area (Å²) in [5.74, 6) is 0. The Bertz CT molecular complexity index is 262. The first-order chi connectivity index (χ1) is 5.96. The average molecular weight is 244 g/mol. The van der Waals surface area contributed by atoms with Gasteiger partial charge in [-0.3, -0.25) is 0 Å². The Morgan fingerprint density at radius 2 is 1.86 bits per heavy atom. The number of nitrogens with zero attached hydrogens (tertiary/aromatic N) is 2. The van der Waals surface area contributed by atoms with Crippen molar-refractivity contribution >= 4 is 22.6 Å². The Kier molecular flexibility index (Phi) is 5.32. The van der Waals surface area contributed by atoms with E-state index in [0.717, 1.165) is 19.5 Å². The van der Waals surface area contributed by atoms with Crippen LogP contribution in [0.1, 0.15) is 6.42 Å². The predicted molar refractivity (Wildman–Crippen MR) is 58.9 cm³/mol. The van der Waals surface area contributed by atoms with Crippen molar-refractivity contribution in [1.29, 1.82) is 0 Å². The Labute approximate surface area is 92.0 Å². The molecule has 1 rings (SSSR count). The van der Waals surface area contributed by atoms with Crippen LogP contribution in [0.25, 0.3) is 0 Å². The molecule has 0 aromatic carbocycles. The smallest absolute Gasteiger partial charge is 0.281 e. The van der Waals surface area contributed by atoms with E-state index in [1.807, 2.05) is 0 Å². The molecule has 0 aromatic heterocycles. The van der Waals surface area contributed by atoms with E-state index < -0.39 is 10.2 Å². The van der Waals surface area contributed by atoms with Gasteiger partial charge in [0.05, 0.1) is 0 Å². The number of hydrogen-bond acceptors (Lipinski definition) is 3. The summed E-state index contributed by atoms with van der Waals surface area (Å²) in [6.45, 7) is 1.65. The van der Waals surface area contributed by atoms with Gasteiger partial charge < -0.3 is 5.32 Å². The number of likely N-dealkylation sites (N-methyl/N-ethyl adjacent to an activating group) is 1. The molecule has 1 fully saturated rings. The van der Waals surface area contributed by atoms with E-state index >= 15 is 0 Å². The Hall–Kier alpha value is 0.120. The molecule has 0 aliphatic carbocycles. The minimum Gasteiger partial charge on any atom is -0.315 e. The lowest BCUT2D eigenvalue weighted by atomic mass is 10.3. The first-order valence-electron chi connectivity index (χ1n) is 4.32. The molecule has 1 heterocycles. The van der Waals surface area contributed by atoms with Crippen LogP contribution in [0.15, 0.2) is 0 Å². The average Bonchev–Trinajstić information content (AvgIpc) is 2.54. The fraction of sp³-hybridized carbons (Fsp3) is 1.00. The fourth-order valence-corrected chi connectivity index (χ4v) is 2.47. The maximum atomic E-state index is 11.6. The third kappa shape index (κ3) is 2.80. The van der Waals surface area contributed by atoms with Gasteiger partial charge in [-0.15, -0.1) is 12.4 Å². The van der Waals surface area contributed by atoms with Gasteiger partial charge in [0.2, 0.25) is 0 Å². The minimum atomic E-state index is -3.23. The normalized spacial score (nSPS) is 22.8. The molecule has 86 valence electrons. The molecule has 0 saturated carbocycles. The molecule has 1 saturated heterocycles. The largest absolute Gasteiger partial charge is 0.315 e. The summed E-state index contributed by atoms with van der Waals surface area (Å²) >= 11 is 0. The molecule has 1 aliphatic heterocycles. The molecular weight excluding hydrogens is 226 g/mol. The highest BCUT2D eigenvalue weighted by Gasteiger charge is 2.29. The van der Waals surface area contributed by atoms with Crippen molar-refractivity contribution < 1.29 is 8.42 Å². The van der Waals surface area contributed by atoms with Crippen molar-refractivity contribution in [3.05, 3.63) is 0 Å². The van der Waals surface area contributed by atoms with Crippen LogP contribution in [0, 0.1) is 0 Å². The molecule has 0 spiro atoms. The zero-order valence-corrected chi connectivity index (χ0v) is 10.4. The number of rotatable bonds is 3. The van der Waals surface area contributed by atoms with Gasteiger partial charge in [-0.25, -0.2) is 0 Å². The van der Waals surface area contributed by atoms with Crippen molar-refractivity contribution in [2.75, 3.05) is 34.2 Å². The molecule has 0 amide bonds. The van der Waals surface area contributed by atoms with E-state index in [1.54, 1.807) is 21.1 Å². The van der Waals surface area contributed by atoms with Crippen LogP contribution in [0.5, 0.6) is 0 Å². The lowest BCUT2D eigenvalue weighted by Crippen LogP contribution is -2.44. The Morgan fingerprint density at radius 1 is 1.29 bits per heavy atom. The summed E-state index contributed by atoms with van der Waals surface area (Å²) in [7, 11) is 1.50. The van der Waals surface area contributed by atoms with E-state index in [4.69, 9.17) is 0 Å². The third-order valence-electron chi connectivity index (χ3n) is 2.37. The lowest BCUT2D eigenvalue weighted by molar-refractivity contribution is 0.357. The standard InChI is InChI=1S/C7H17N3O2S.ClH/c1-9(2)13(11,12)10(3)7-4-5-8-6-7;/h7-8H,4-6H2,1-3H3;1H. The summed E-state index contributed by atoms with van der Waals surface area (Å²) in [5.41, 5.74) is 0. The minimum absolute atomic E-state index is 0.